The predicted octanol–water partition coefficient (Wildman–Crippen LogP) is 9.99. The Labute approximate surface area is 265 Å². The SMILES string of the molecule is CCC(C(=O)O)c1ccccc1CC[C@H](SCCCCC(C)(C)O)c1cccc(C=Cc2ccc3ccc(Cl)cc3n2)c1. The molecule has 4 nitrogen and oxygen atoms in total. The fourth-order valence-corrected chi connectivity index (χ4v) is 6.84. The van der Waals surface area contributed by atoms with E-state index in [4.69, 9.17) is 16.6 Å². The summed E-state index contributed by atoms with van der Waals surface area (Å²) in [5.41, 5.74) is 5.51. The Morgan fingerprint density at radius 1 is 1.00 bits per heavy atom. The summed E-state index contributed by atoms with van der Waals surface area (Å²) in [7, 11) is 0. The molecule has 0 aliphatic carbocycles. The first-order chi connectivity index (χ1) is 20.6. The lowest BCUT2D eigenvalue weighted by atomic mass is 9.89. The van der Waals surface area contributed by atoms with Crippen molar-refractivity contribution >= 4 is 52.4 Å². The lowest BCUT2D eigenvalue weighted by Gasteiger charge is -2.21. The number of pyridine rings is 1. The van der Waals surface area contributed by atoms with Crippen LogP contribution < -0.4 is 0 Å². The number of aromatic nitrogens is 1. The van der Waals surface area contributed by atoms with Gasteiger partial charge in [-0.2, -0.15) is 11.8 Å². The molecule has 2 N–H and O–H groups in total. The predicted molar refractivity (Wildman–Crippen MR) is 183 cm³/mol. The molecule has 6 heteroatoms. The third kappa shape index (κ3) is 9.96. The van der Waals surface area contributed by atoms with Crippen molar-refractivity contribution in [1.29, 1.82) is 0 Å². The molecule has 1 unspecified atom stereocenters. The number of aryl methyl sites for hydroxylation is 1. The topological polar surface area (TPSA) is 70.4 Å². The van der Waals surface area contributed by atoms with Crippen LogP contribution in [0.4, 0.5) is 0 Å². The van der Waals surface area contributed by atoms with Crippen LogP contribution in [-0.4, -0.2) is 32.5 Å². The van der Waals surface area contributed by atoms with Crippen molar-refractivity contribution in [1.82, 2.24) is 4.98 Å². The highest BCUT2D eigenvalue weighted by molar-refractivity contribution is 7.99. The second-order valence-corrected chi connectivity index (χ2v) is 13.5. The fourth-order valence-electron chi connectivity index (χ4n) is 5.39. The Kier molecular flexibility index (Phi) is 11.9. The Balaban J connectivity index is 1.53. The van der Waals surface area contributed by atoms with Gasteiger partial charge in [0.05, 0.1) is 22.7 Å². The van der Waals surface area contributed by atoms with E-state index in [1.165, 1.54) is 5.56 Å². The van der Waals surface area contributed by atoms with Gasteiger partial charge in [-0.25, -0.2) is 4.98 Å². The summed E-state index contributed by atoms with van der Waals surface area (Å²) in [6.45, 7) is 5.66. The molecule has 0 saturated heterocycles. The standard InChI is InChI=1S/C37H42ClNO3S/c1-4-32(36(40)41)33-13-6-5-11-27(33)17-21-35(43-23-8-7-22-37(2,3)42)29-12-9-10-26(24-29)14-19-31-20-16-28-15-18-30(38)25-34(28)39-31/h5-6,9-16,18-20,24-25,32,35,42H,4,7-8,17,21-23H2,1-3H3,(H,40,41)/t32?,35-/m0/s1. The van der Waals surface area contributed by atoms with Gasteiger partial charge in [-0.1, -0.05) is 85.3 Å². The van der Waals surface area contributed by atoms with Gasteiger partial charge in [0.2, 0.25) is 0 Å². The molecule has 0 radical (unpaired) electrons. The highest BCUT2D eigenvalue weighted by atomic mass is 35.5. The van der Waals surface area contributed by atoms with E-state index in [1.54, 1.807) is 0 Å². The molecular weight excluding hydrogens is 574 g/mol. The maximum Gasteiger partial charge on any atom is 0.310 e. The van der Waals surface area contributed by atoms with Crippen LogP contribution >= 0.6 is 23.4 Å². The first-order valence-electron chi connectivity index (χ1n) is 15.1. The van der Waals surface area contributed by atoms with Crippen molar-refractivity contribution in [3.05, 3.63) is 112 Å². The van der Waals surface area contributed by atoms with E-state index in [0.29, 0.717) is 11.4 Å². The van der Waals surface area contributed by atoms with E-state index in [2.05, 4.69) is 42.5 Å². The van der Waals surface area contributed by atoms with Crippen LogP contribution in [0.1, 0.15) is 92.0 Å². The molecule has 0 aliphatic heterocycles. The first kappa shape index (κ1) is 32.8. The Bertz CT molecular complexity index is 1540. The number of aliphatic hydroxyl groups is 1. The number of hydrogen-bond donors (Lipinski definition) is 2. The Morgan fingerprint density at radius 2 is 1.79 bits per heavy atom. The number of unbranched alkanes of at least 4 members (excludes halogenated alkanes) is 1. The number of carboxylic acids is 1. The van der Waals surface area contributed by atoms with Crippen LogP contribution in [0.2, 0.25) is 5.02 Å². The lowest BCUT2D eigenvalue weighted by molar-refractivity contribution is -0.138. The maximum atomic E-state index is 12.0. The van der Waals surface area contributed by atoms with Gasteiger partial charge >= 0.3 is 5.97 Å². The zero-order valence-corrected chi connectivity index (χ0v) is 26.9. The molecule has 0 bridgehead atoms. The molecule has 0 amide bonds. The number of benzene rings is 3. The average Bonchev–Trinajstić information content (AvgIpc) is 2.97. The number of thioether (sulfide) groups is 1. The molecule has 1 aromatic heterocycles. The van der Waals surface area contributed by atoms with Crippen molar-refractivity contribution in [2.75, 3.05) is 5.75 Å². The molecule has 0 saturated carbocycles. The second kappa shape index (κ2) is 15.6. The third-order valence-electron chi connectivity index (χ3n) is 7.72. The Morgan fingerprint density at radius 3 is 2.56 bits per heavy atom. The normalized spacial score (nSPS) is 13.4. The highest BCUT2D eigenvalue weighted by Gasteiger charge is 2.21. The summed E-state index contributed by atoms with van der Waals surface area (Å²) >= 11 is 8.13. The third-order valence-corrected chi connectivity index (χ3v) is 9.39. The van der Waals surface area contributed by atoms with E-state index in [-0.39, 0.29) is 5.25 Å². The van der Waals surface area contributed by atoms with E-state index in [1.807, 2.05) is 81.1 Å². The second-order valence-electron chi connectivity index (χ2n) is 11.7. The minimum absolute atomic E-state index is 0.259. The van der Waals surface area contributed by atoms with E-state index in [0.717, 1.165) is 71.1 Å². The number of rotatable bonds is 15. The molecule has 3 aromatic carbocycles. The minimum atomic E-state index is -0.767. The van der Waals surface area contributed by atoms with Crippen LogP contribution in [0.15, 0.2) is 78.9 Å². The molecule has 1 heterocycles. The zero-order valence-electron chi connectivity index (χ0n) is 25.3. The summed E-state index contributed by atoms with van der Waals surface area (Å²) in [4.78, 5) is 16.7. The molecule has 4 rings (SSSR count). The number of halogens is 1. The van der Waals surface area contributed by atoms with Gasteiger partial charge in [0.1, 0.15) is 0 Å². The first-order valence-corrected chi connectivity index (χ1v) is 16.5. The zero-order chi connectivity index (χ0) is 30.8. The van der Waals surface area contributed by atoms with E-state index in [9.17, 15) is 15.0 Å². The van der Waals surface area contributed by atoms with Crippen LogP contribution in [0, 0.1) is 0 Å². The number of nitrogens with zero attached hydrogens (tertiary/aromatic N) is 1. The van der Waals surface area contributed by atoms with Crippen molar-refractivity contribution in [3.63, 3.8) is 0 Å². The molecule has 4 aromatic rings. The fraction of sp³-hybridized carbons (Fsp3) is 0.351. The van der Waals surface area contributed by atoms with Crippen LogP contribution in [0.25, 0.3) is 23.1 Å². The van der Waals surface area contributed by atoms with Crippen LogP contribution in [-0.2, 0) is 11.2 Å². The quantitative estimate of drug-likeness (QED) is 0.130. The van der Waals surface area contributed by atoms with Gasteiger partial charge in [-0.05, 0) is 105 Å². The molecule has 0 fully saturated rings. The monoisotopic (exact) mass is 615 g/mol. The summed E-state index contributed by atoms with van der Waals surface area (Å²) < 4.78 is 0. The van der Waals surface area contributed by atoms with Crippen molar-refractivity contribution < 1.29 is 15.0 Å². The van der Waals surface area contributed by atoms with Crippen molar-refractivity contribution in [2.24, 2.45) is 0 Å². The lowest BCUT2D eigenvalue weighted by Crippen LogP contribution is -2.17. The number of aliphatic carboxylic acids is 1. The molecule has 43 heavy (non-hydrogen) atoms. The number of hydrogen-bond acceptors (Lipinski definition) is 4. The molecule has 2 atom stereocenters. The van der Waals surface area contributed by atoms with Crippen LogP contribution in [0.5, 0.6) is 0 Å². The summed E-state index contributed by atoms with van der Waals surface area (Å²) in [6.07, 6.45) is 9.22. The smallest absolute Gasteiger partial charge is 0.310 e. The largest absolute Gasteiger partial charge is 0.481 e. The number of carbonyl (C=O) groups is 1. The summed E-state index contributed by atoms with van der Waals surface area (Å²) in [5, 5.41) is 21.9. The number of carboxylic acid groups (broad SMARTS) is 1. The molecule has 0 aliphatic rings. The summed E-state index contributed by atoms with van der Waals surface area (Å²) in [6, 6.07) is 26.5. The van der Waals surface area contributed by atoms with E-state index >= 15 is 0 Å². The molecule has 226 valence electrons. The maximum absolute atomic E-state index is 12.0. The minimum Gasteiger partial charge on any atom is -0.481 e. The van der Waals surface area contributed by atoms with Crippen molar-refractivity contribution in [3.8, 4) is 0 Å². The average molecular weight is 616 g/mol. The van der Waals surface area contributed by atoms with Gasteiger partial charge < -0.3 is 10.2 Å². The van der Waals surface area contributed by atoms with Gasteiger partial charge in [0.15, 0.2) is 0 Å². The molecular formula is C37H42ClNO3S. The summed E-state index contributed by atoms with van der Waals surface area (Å²) in [5.74, 6) is -0.257. The van der Waals surface area contributed by atoms with Crippen molar-refractivity contribution in [2.45, 2.75) is 76.1 Å². The molecule has 0 spiro atoms. The Hall–Kier alpha value is -3.12. The highest BCUT2D eigenvalue weighted by Crippen LogP contribution is 2.36. The van der Waals surface area contributed by atoms with E-state index < -0.39 is 17.5 Å². The van der Waals surface area contributed by atoms with Gasteiger partial charge in [-0.3, -0.25) is 4.79 Å². The van der Waals surface area contributed by atoms with Crippen LogP contribution in [0.3, 0.4) is 0 Å². The van der Waals surface area contributed by atoms with Gasteiger partial charge in [0, 0.05) is 15.7 Å². The number of fused-ring (bicyclic) bond motifs is 1. The van der Waals surface area contributed by atoms with Gasteiger partial charge in [0.25, 0.3) is 0 Å². The van der Waals surface area contributed by atoms with Gasteiger partial charge in [-0.15, -0.1) is 0 Å².